The highest BCUT2D eigenvalue weighted by Crippen LogP contribution is 2.15. The number of nitrogens with one attached hydrogen (secondary N) is 1. The molecule has 2 nitrogen and oxygen atoms in total. The highest BCUT2D eigenvalue weighted by molar-refractivity contribution is 7.99. The van der Waals surface area contributed by atoms with Crippen LogP contribution in [-0.4, -0.2) is 16.9 Å². The van der Waals surface area contributed by atoms with Gasteiger partial charge in [0.2, 0.25) is 0 Å². The summed E-state index contributed by atoms with van der Waals surface area (Å²) in [7, 11) is 0. The molecule has 0 amide bonds. The Hall–Kier alpha value is -1.19. The van der Waals surface area contributed by atoms with Gasteiger partial charge in [0.25, 0.3) is 0 Å². The zero-order valence-corrected chi connectivity index (χ0v) is 12.3. The number of aryl methyl sites for hydroxylation is 1. The van der Waals surface area contributed by atoms with Gasteiger partial charge in [-0.25, -0.2) is 0 Å². The van der Waals surface area contributed by atoms with Crippen LogP contribution in [0.15, 0.2) is 53.7 Å². The molecule has 2 aromatic rings. The maximum atomic E-state index is 3.49. The minimum absolute atomic E-state index is 0.964. The van der Waals surface area contributed by atoms with Crippen LogP contribution in [0.25, 0.3) is 0 Å². The first-order valence-corrected chi connectivity index (χ1v) is 7.90. The van der Waals surface area contributed by atoms with Gasteiger partial charge in [-0.15, -0.1) is 11.8 Å². The maximum Gasteiger partial charge on any atom is 0.0220 e. The number of benzene rings is 1. The Morgan fingerprint density at radius 3 is 2.79 bits per heavy atom. The van der Waals surface area contributed by atoms with Crippen molar-refractivity contribution in [2.75, 3.05) is 12.3 Å². The lowest BCUT2D eigenvalue weighted by molar-refractivity contribution is 0.675. The first-order chi connectivity index (χ1) is 9.38. The van der Waals surface area contributed by atoms with Gasteiger partial charge in [-0.05, 0) is 30.2 Å². The number of hydrogen-bond donors (Lipinski definition) is 1. The summed E-state index contributed by atoms with van der Waals surface area (Å²) in [4.78, 5) is 1.35. The molecule has 0 atom stereocenters. The van der Waals surface area contributed by atoms with Crippen molar-refractivity contribution in [1.82, 2.24) is 9.88 Å². The van der Waals surface area contributed by atoms with E-state index < -0.39 is 0 Å². The molecule has 3 heteroatoms. The Bertz CT molecular complexity index is 465. The van der Waals surface area contributed by atoms with Crippen molar-refractivity contribution in [1.29, 1.82) is 0 Å². The van der Waals surface area contributed by atoms with Crippen molar-refractivity contribution < 1.29 is 0 Å². The Labute approximate surface area is 120 Å². The summed E-state index contributed by atoms with van der Waals surface area (Å²) < 4.78 is 2.26. The van der Waals surface area contributed by atoms with E-state index >= 15 is 0 Å². The zero-order chi connectivity index (χ0) is 13.3. The number of hydrogen-bond acceptors (Lipinski definition) is 2. The molecular formula is C16H22N2S. The molecule has 102 valence electrons. The molecule has 1 heterocycles. The second kappa shape index (κ2) is 8.08. The van der Waals surface area contributed by atoms with Crippen molar-refractivity contribution >= 4 is 11.8 Å². The summed E-state index contributed by atoms with van der Waals surface area (Å²) in [6, 6.07) is 12.8. The molecule has 0 radical (unpaired) electrons. The normalized spacial score (nSPS) is 10.8. The van der Waals surface area contributed by atoms with Crippen LogP contribution in [0.5, 0.6) is 0 Å². The number of thioether (sulfide) groups is 1. The molecular weight excluding hydrogens is 252 g/mol. The van der Waals surface area contributed by atoms with Gasteiger partial charge in [0.05, 0.1) is 0 Å². The Morgan fingerprint density at radius 2 is 2.00 bits per heavy atom. The number of aromatic nitrogens is 1. The smallest absolute Gasteiger partial charge is 0.0220 e. The summed E-state index contributed by atoms with van der Waals surface area (Å²) >= 11 is 1.90. The second-order valence-corrected chi connectivity index (χ2v) is 5.76. The van der Waals surface area contributed by atoms with E-state index in [9.17, 15) is 0 Å². The van der Waals surface area contributed by atoms with Gasteiger partial charge in [-0.1, -0.05) is 25.1 Å². The molecule has 0 fully saturated rings. The predicted molar refractivity (Wildman–Crippen MR) is 83.6 cm³/mol. The maximum absolute atomic E-state index is 3.49. The van der Waals surface area contributed by atoms with Gasteiger partial charge in [-0.3, -0.25) is 0 Å². The molecule has 1 N–H and O–H groups in total. The summed E-state index contributed by atoms with van der Waals surface area (Å²) in [6.07, 6.45) is 5.59. The van der Waals surface area contributed by atoms with Crippen LogP contribution in [0.1, 0.15) is 18.9 Å². The van der Waals surface area contributed by atoms with Crippen molar-refractivity contribution in [3.05, 3.63) is 54.4 Å². The fourth-order valence-electron chi connectivity index (χ4n) is 1.98. The molecule has 0 bridgehead atoms. The third-order valence-corrected chi connectivity index (χ3v) is 3.93. The third kappa shape index (κ3) is 5.13. The molecule has 0 aliphatic heterocycles. The average Bonchev–Trinajstić information content (AvgIpc) is 2.88. The highest BCUT2D eigenvalue weighted by Gasteiger charge is 1.96. The fraction of sp³-hybridized carbons (Fsp3) is 0.375. The molecule has 0 saturated carbocycles. The summed E-state index contributed by atoms with van der Waals surface area (Å²) in [6.45, 7) is 5.33. The van der Waals surface area contributed by atoms with Crippen LogP contribution in [0.3, 0.4) is 0 Å². The Morgan fingerprint density at radius 1 is 1.16 bits per heavy atom. The van der Waals surface area contributed by atoms with E-state index in [1.165, 1.54) is 16.9 Å². The molecule has 0 aliphatic rings. The van der Waals surface area contributed by atoms with E-state index in [1.807, 2.05) is 11.8 Å². The number of rotatable bonds is 8. The van der Waals surface area contributed by atoms with Crippen LogP contribution >= 0.6 is 11.8 Å². The largest absolute Gasteiger partial charge is 0.354 e. The topological polar surface area (TPSA) is 17.0 Å². The van der Waals surface area contributed by atoms with Crippen LogP contribution in [0, 0.1) is 0 Å². The summed E-state index contributed by atoms with van der Waals surface area (Å²) in [5.74, 6) is 1.11. The van der Waals surface area contributed by atoms with Gasteiger partial charge in [0, 0.05) is 42.7 Å². The van der Waals surface area contributed by atoms with E-state index in [0.717, 1.165) is 25.4 Å². The van der Waals surface area contributed by atoms with Crippen LogP contribution < -0.4 is 5.32 Å². The van der Waals surface area contributed by atoms with Crippen molar-refractivity contribution in [3.63, 3.8) is 0 Å². The quantitative estimate of drug-likeness (QED) is 0.583. The lowest BCUT2D eigenvalue weighted by Crippen LogP contribution is -2.16. The molecule has 0 spiro atoms. The van der Waals surface area contributed by atoms with Gasteiger partial charge >= 0.3 is 0 Å². The standard InChI is InChI=1S/C16H22N2S/c1-2-10-18-11-8-15(14-18)13-17-9-12-19-16-6-4-3-5-7-16/h3-8,11,14,17H,2,9-10,12-13H2,1H3. The van der Waals surface area contributed by atoms with Gasteiger partial charge < -0.3 is 9.88 Å². The molecule has 1 aromatic carbocycles. The van der Waals surface area contributed by atoms with Crippen LogP contribution in [0.4, 0.5) is 0 Å². The summed E-state index contributed by atoms with van der Waals surface area (Å²) in [5, 5.41) is 3.49. The van der Waals surface area contributed by atoms with E-state index in [2.05, 4.69) is 65.6 Å². The van der Waals surface area contributed by atoms with E-state index in [1.54, 1.807) is 0 Å². The lowest BCUT2D eigenvalue weighted by Gasteiger charge is -2.03. The molecule has 0 unspecified atom stereocenters. The Kier molecular flexibility index (Phi) is 6.05. The SMILES string of the molecule is CCCn1ccc(CNCCSc2ccccc2)c1. The van der Waals surface area contributed by atoms with Gasteiger partial charge in [-0.2, -0.15) is 0 Å². The minimum atomic E-state index is 0.964. The van der Waals surface area contributed by atoms with Crippen molar-refractivity contribution in [2.45, 2.75) is 31.3 Å². The van der Waals surface area contributed by atoms with Crippen LogP contribution in [0.2, 0.25) is 0 Å². The highest BCUT2D eigenvalue weighted by atomic mass is 32.2. The average molecular weight is 274 g/mol. The lowest BCUT2D eigenvalue weighted by atomic mass is 10.3. The third-order valence-electron chi connectivity index (χ3n) is 2.91. The fourth-order valence-corrected chi connectivity index (χ4v) is 2.81. The molecule has 0 saturated heterocycles. The van der Waals surface area contributed by atoms with Gasteiger partial charge in [0.1, 0.15) is 0 Å². The minimum Gasteiger partial charge on any atom is -0.354 e. The van der Waals surface area contributed by atoms with E-state index in [0.29, 0.717) is 0 Å². The van der Waals surface area contributed by atoms with E-state index in [4.69, 9.17) is 0 Å². The molecule has 0 aliphatic carbocycles. The van der Waals surface area contributed by atoms with E-state index in [-0.39, 0.29) is 0 Å². The Balaban J connectivity index is 1.61. The monoisotopic (exact) mass is 274 g/mol. The molecule has 1 aromatic heterocycles. The zero-order valence-electron chi connectivity index (χ0n) is 11.5. The van der Waals surface area contributed by atoms with Gasteiger partial charge in [0.15, 0.2) is 0 Å². The number of nitrogens with zero attached hydrogens (tertiary/aromatic N) is 1. The predicted octanol–water partition coefficient (Wildman–Crippen LogP) is 3.78. The van der Waals surface area contributed by atoms with Crippen LogP contribution in [-0.2, 0) is 13.1 Å². The first kappa shape index (κ1) is 14.2. The van der Waals surface area contributed by atoms with Crippen molar-refractivity contribution in [2.24, 2.45) is 0 Å². The first-order valence-electron chi connectivity index (χ1n) is 6.91. The molecule has 2 rings (SSSR count). The molecule has 19 heavy (non-hydrogen) atoms. The second-order valence-electron chi connectivity index (χ2n) is 4.60. The van der Waals surface area contributed by atoms with Crippen molar-refractivity contribution in [3.8, 4) is 0 Å². The summed E-state index contributed by atoms with van der Waals surface area (Å²) in [5.41, 5.74) is 1.37.